The molecule has 132 valence electrons. The number of hydrogen-bond acceptors (Lipinski definition) is 3. The molecule has 2 rings (SSSR count). The molecule has 0 aromatic heterocycles. The maximum atomic E-state index is 12.8. The molecular formula is C20H22FNO3. The number of nitrogens with one attached hydrogen (secondary N) is 1. The van der Waals surface area contributed by atoms with Crippen molar-refractivity contribution in [2.75, 3.05) is 6.54 Å². The van der Waals surface area contributed by atoms with E-state index in [1.54, 1.807) is 12.1 Å². The predicted octanol–water partition coefficient (Wildman–Crippen LogP) is 3.60. The lowest BCUT2D eigenvalue weighted by Gasteiger charge is -2.19. The smallest absolute Gasteiger partial charge is 0.325 e. The summed E-state index contributed by atoms with van der Waals surface area (Å²) in [4.78, 5) is 23.8. The zero-order valence-electron chi connectivity index (χ0n) is 14.6. The highest BCUT2D eigenvalue weighted by Gasteiger charge is 2.14. The third-order valence-electron chi connectivity index (χ3n) is 3.72. The SMILES string of the molecule is CC(C)(C)c1ccc(C(=O)NCC(=O)OCc2ccc(F)cc2)cc1. The van der Waals surface area contributed by atoms with E-state index in [0.29, 0.717) is 11.1 Å². The van der Waals surface area contributed by atoms with Gasteiger partial charge in [-0.15, -0.1) is 0 Å². The average Bonchev–Trinajstić information content (AvgIpc) is 2.58. The van der Waals surface area contributed by atoms with Crippen LogP contribution in [0.3, 0.4) is 0 Å². The second kappa shape index (κ2) is 7.92. The zero-order valence-corrected chi connectivity index (χ0v) is 14.6. The summed E-state index contributed by atoms with van der Waals surface area (Å²) in [6.07, 6.45) is 0. The van der Waals surface area contributed by atoms with Crippen molar-refractivity contribution in [1.82, 2.24) is 5.32 Å². The van der Waals surface area contributed by atoms with Crippen LogP contribution in [0.5, 0.6) is 0 Å². The Balaban J connectivity index is 1.80. The topological polar surface area (TPSA) is 55.4 Å². The molecule has 0 bridgehead atoms. The van der Waals surface area contributed by atoms with Crippen molar-refractivity contribution in [2.45, 2.75) is 32.8 Å². The zero-order chi connectivity index (χ0) is 18.4. The van der Waals surface area contributed by atoms with E-state index in [-0.39, 0.29) is 30.3 Å². The Hall–Kier alpha value is -2.69. The number of halogens is 1. The highest BCUT2D eigenvalue weighted by molar-refractivity contribution is 5.95. The summed E-state index contributed by atoms with van der Waals surface area (Å²) in [5.74, 6) is -1.23. The number of ether oxygens (including phenoxy) is 1. The van der Waals surface area contributed by atoms with Gasteiger partial charge in [0, 0.05) is 5.56 Å². The van der Waals surface area contributed by atoms with Crippen molar-refractivity contribution in [3.63, 3.8) is 0 Å². The quantitative estimate of drug-likeness (QED) is 0.844. The molecule has 0 radical (unpaired) electrons. The van der Waals surface area contributed by atoms with E-state index in [0.717, 1.165) is 5.56 Å². The average molecular weight is 343 g/mol. The van der Waals surface area contributed by atoms with Crippen LogP contribution in [0.2, 0.25) is 0 Å². The third-order valence-corrected chi connectivity index (χ3v) is 3.72. The van der Waals surface area contributed by atoms with Gasteiger partial charge in [-0.3, -0.25) is 9.59 Å². The minimum absolute atomic E-state index is 0.0131. The summed E-state index contributed by atoms with van der Waals surface area (Å²) in [5.41, 5.74) is 2.31. The summed E-state index contributed by atoms with van der Waals surface area (Å²) in [6, 6.07) is 13.0. The van der Waals surface area contributed by atoms with E-state index in [9.17, 15) is 14.0 Å². The van der Waals surface area contributed by atoms with E-state index in [4.69, 9.17) is 4.74 Å². The molecule has 25 heavy (non-hydrogen) atoms. The van der Waals surface area contributed by atoms with Crippen LogP contribution in [0.15, 0.2) is 48.5 Å². The molecule has 5 heteroatoms. The maximum Gasteiger partial charge on any atom is 0.325 e. The molecule has 0 saturated carbocycles. The van der Waals surface area contributed by atoms with Crippen LogP contribution in [-0.4, -0.2) is 18.4 Å². The number of amides is 1. The maximum absolute atomic E-state index is 12.8. The highest BCUT2D eigenvalue weighted by Crippen LogP contribution is 2.22. The van der Waals surface area contributed by atoms with E-state index in [1.807, 2.05) is 12.1 Å². The summed E-state index contributed by atoms with van der Waals surface area (Å²) >= 11 is 0. The van der Waals surface area contributed by atoms with Gasteiger partial charge in [0.05, 0.1) is 0 Å². The van der Waals surface area contributed by atoms with Crippen LogP contribution < -0.4 is 5.32 Å². The first kappa shape index (κ1) is 18.6. The predicted molar refractivity (Wildman–Crippen MR) is 93.7 cm³/mol. The van der Waals surface area contributed by atoms with Gasteiger partial charge < -0.3 is 10.1 Å². The molecule has 1 amide bonds. The number of carbonyl (C=O) groups is 2. The lowest BCUT2D eigenvalue weighted by atomic mass is 9.87. The highest BCUT2D eigenvalue weighted by atomic mass is 19.1. The van der Waals surface area contributed by atoms with Gasteiger partial charge >= 0.3 is 5.97 Å². The fourth-order valence-corrected chi connectivity index (χ4v) is 2.17. The summed E-state index contributed by atoms with van der Waals surface area (Å²) in [5, 5.41) is 2.53. The van der Waals surface area contributed by atoms with Crippen molar-refractivity contribution in [1.29, 1.82) is 0 Å². The Kier molecular flexibility index (Phi) is 5.91. The molecule has 0 unspecified atom stereocenters. The van der Waals surface area contributed by atoms with Crippen molar-refractivity contribution < 1.29 is 18.7 Å². The molecule has 2 aromatic carbocycles. The first-order valence-electron chi connectivity index (χ1n) is 8.04. The Bertz CT molecular complexity index is 731. The van der Waals surface area contributed by atoms with Gasteiger partial charge in [-0.2, -0.15) is 0 Å². The number of hydrogen-bond donors (Lipinski definition) is 1. The molecule has 2 aromatic rings. The van der Waals surface area contributed by atoms with Crippen LogP contribution in [-0.2, 0) is 21.6 Å². The second-order valence-electron chi connectivity index (χ2n) is 6.80. The third kappa shape index (κ3) is 5.71. The van der Waals surface area contributed by atoms with Crippen molar-refractivity contribution in [3.05, 3.63) is 71.0 Å². The van der Waals surface area contributed by atoms with Crippen molar-refractivity contribution in [3.8, 4) is 0 Å². The van der Waals surface area contributed by atoms with Crippen LogP contribution in [0.1, 0.15) is 42.3 Å². The van der Waals surface area contributed by atoms with Crippen LogP contribution in [0.25, 0.3) is 0 Å². The van der Waals surface area contributed by atoms with Gasteiger partial charge in [0.25, 0.3) is 5.91 Å². The standard InChI is InChI=1S/C20H22FNO3/c1-20(2,3)16-8-6-15(7-9-16)19(24)22-12-18(23)25-13-14-4-10-17(21)11-5-14/h4-11H,12-13H2,1-3H3,(H,22,24). The Morgan fingerprint density at radius 3 is 2.16 bits per heavy atom. The number of rotatable bonds is 5. The molecule has 0 fully saturated rings. The number of benzene rings is 2. The number of carbonyl (C=O) groups excluding carboxylic acids is 2. The van der Waals surface area contributed by atoms with E-state index in [2.05, 4.69) is 26.1 Å². The van der Waals surface area contributed by atoms with E-state index in [1.165, 1.54) is 24.3 Å². The molecule has 0 atom stereocenters. The molecule has 4 nitrogen and oxygen atoms in total. The molecule has 0 heterocycles. The van der Waals surface area contributed by atoms with Gasteiger partial charge in [-0.05, 0) is 40.8 Å². The minimum atomic E-state index is -0.552. The second-order valence-corrected chi connectivity index (χ2v) is 6.80. The van der Waals surface area contributed by atoms with Gasteiger partial charge in [0.2, 0.25) is 0 Å². The first-order chi connectivity index (χ1) is 11.8. The number of esters is 1. The summed E-state index contributed by atoms with van der Waals surface area (Å²) in [6.45, 7) is 6.11. The fourth-order valence-electron chi connectivity index (χ4n) is 2.17. The van der Waals surface area contributed by atoms with Crippen molar-refractivity contribution in [2.24, 2.45) is 0 Å². The molecule has 0 aliphatic rings. The van der Waals surface area contributed by atoms with E-state index < -0.39 is 5.97 Å². The normalized spacial score (nSPS) is 11.0. The molecule has 1 N–H and O–H groups in total. The minimum Gasteiger partial charge on any atom is -0.460 e. The van der Waals surface area contributed by atoms with Crippen LogP contribution >= 0.6 is 0 Å². The lowest BCUT2D eigenvalue weighted by Crippen LogP contribution is -2.30. The van der Waals surface area contributed by atoms with Crippen LogP contribution in [0.4, 0.5) is 4.39 Å². The lowest BCUT2D eigenvalue weighted by molar-refractivity contribution is -0.143. The molecule has 0 saturated heterocycles. The Labute approximate surface area is 147 Å². The van der Waals surface area contributed by atoms with Crippen LogP contribution in [0, 0.1) is 5.82 Å². The van der Waals surface area contributed by atoms with Crippen molar-refractivity contribution >= 4 is 11.9 Å². The molecule has 0 aliphatic carbocycles. The van der Waals surface area contributed by atoms with E-state index >= 15 is 0 Å². The van der Waals surface area contributed by atoms with Gasteiger partial charge in [-0.1, -0.05) is 45.0 Å². The molecule has 0 aliphatic heterocycles. The Morgan fingerprint density at radius 1 is 1.00 bits per heavy atom. The van der Waals surface area contributed by atoms with Gasteiger partial charge in [-0.25, -0.2) is 4.39 Å². The summed E-state index contributed by atoms with van der Waals surface area (Å²) in [7, 11) is 0. The monoisotopic (exact) mass is 343 g/mol. The molecular weight excluding hydrogens is 321 g/mol. The Morgan fingerprint density at radius 2 is 1.60 bits per heavy atom. The largest absolute Gasteiger partial charge is 0.460 e. The van der Waals surface area contributed by atoms with Gasteiger partial charge in [0.15, 0.2) is 0 Å². The molecule has 0 spiro atoms. The fraction of sp³-hybridized carbons (Fsp3) is 0.300. The first-order valence-corrected chi connectivity index (χ1v) is 8.04. The summed E-state index contributed by atoms with van der Waals surface area (Å²) < 4.78 is 17.8. The van der Waals surface area contributed by atoms with Gasteiger partial charge in [0.1, 0.15) is 19.0 Å².